The zero-order chi connectivity index (χ0) is 29.7. The van der Waals surface area contributed by atoms with Crippen molar-refractivity contribution in [2.75, 3.05) is 19.5 Å². The van der Waals surface area contributed by atoms with E-state index in [9.17, 15) is 4.79 Å². The van der Waals surface area contributed by atoms with E-state index in [1.165, 1.54) is 13.2 Å². The first-order chi connectivity index (χ1) is 20.9. The normalized spacial score (nSPS) is 20.2. The minimum Gasteiger partial charge on any atom is -0.496 e. The van der Waals surface area contributed by atoms with Gasteiger partial charge in [-0.05, 0) is 74.8 Å². The van der Waals surface area contributed by atoms with Gasteiger partial charge in [-0.15, -0.1) is 0 Å². The molecular weight excluding hydrogens is 567 g/mol. The maximum Gasteiger partial charge on any atom is 0.254 e. The molecule has 2 N–H and O–H groups in total. The first-order valence-electron chi connectivity index (χ1n) is 14.4. The highest BCUT2D eigenvalue weighted by atomic mass is 35.5. The number of fused-ring (bicyclic) bond motifs is 5. The number of aliphatic imine (C=N–C) groups is 1. The van der Waals surface area contributed by atoms with Gasteiger partial charge < -0.3 is 20.3 Å². The molecule has 0 aliphatic carbocycles. The van der Waals surface area contributed by atoms with Crippen LogP contribution in [-0.2, 0) is 6.54 Å². The Morgan fingerprint density at radius 2 is 1.93 bits per heavy atom. The summed E-state index contributed by atoms with van der Waals surface area (Å²) in [6.45, 7) is 0.248. The van der Waals surface area contributed by atoms with Crippen LogP contribution in [0.3, 0.4) is 0 Å². The number of hydrogen-bond donors (Lipinski definition) is 2. The Kier molecular flexibility index (Phi) is 7.07. The quantitative estimate of drug-likeness (QED) is 0.283. The van der Waals surface area contributed by atoms with Crippen molar-refractivity contribution >= 4 is 34.9 Å². The third kappa shape index (κ3) is 4.82. The lowest BCUT2D eigenvalue weighted by Gasteiger charge is -2.24. The van der Waals surface area contributed by atoms with Crippen molar-refractivity contribution in [2.45, 2.75) is 43.9 Å². The summed E-state index contributed by atoms with van der Waals surface area (Å²) in [5.74, 6) is 0.408. The van der Waals surface area contributed by atoms with Gasteiger partial charge in [0.05, 0.1) is 30.6 Å². The van der Waals surface area contributed by atoms with Gasteiger partial charge >= 0.3 is 0 Å². The number of nitrogens with zero attached hydrogens (tertiary/aromatic N) is 4. The van der Waals surface area contributed by atoms with Gasteiger partial charge in [0.1, 0.15) is 11.6 Å². The van der Waals surface area contributed by atoms with Crippen LogP contribution >= 0.6 is 11.6 Å². The summed E-state index contributed by atoms with van der Waals surface area (Å²) in [5, 5.41) is 7.13. The van der Waals surface area contributed by atoms with Crippen molar-refractivity contribution in [1.82, 2.24) is 20.2 Å². The number of rotatable bonds is 6. The van der Waals surface area contributed by atoms with Crippen LogP contribution in [0.5, 0.6) is 5.75 Å². The summed E-state index contributed by atoms with van der Waals surface area (Å²) in [7, 11) is 3.48. The van der Waals surface area contributed by atoms with Crippen molar-refractivity contribution < 1.29 is 13.9 Å². The predicted octanol–water partition coefficient (Wildman–Crippen LogP) is 6.00. The molecule has 4 aromatic rings. The van der Waals surface area contributed by atoms with E-state index in [1.54, 1.807) is 30.5 Å². The Bertz CT molecular complexity index is 1760. The Morgan fingerprint density at radius 3 is 2.70 bits per heavy atom. The summed E-state index contributed by atoms with van der Waals surface area (Å²) in [5.41, 5.74) is 5.01. The third-order valence-electron chi connectivity index (χ3n) is 8.73. The molecule has 7 rings (SSSR count). The standard InChI is InChI=1S/C33H30ClFN6O2/c1-36-26-15-22-11-13-27(26)41(22)32(42)18-6-9-21(10-7-18)39-33-38-17-19-16-37-31(29-25(35)4-3-5-28(29)43-2)24-14-20(34)8-12-23(24)30(19)40-33/h3-10,12,14,17,22,26-27,36H,11,13,15-16H2,1-2H3,(H,38,39,40). The van der Waals surface area contributed by atoms with Gasteiger partial charge in [-0.1, -0.05) is 23.7 Å². The summed E-state index contributed by atoms with van der Waals surface area (Å²) in [6.07, 6.45) is 4.86. The van der Waals surface area contributed by atoms with Crippen LogP contribution in [0.2, 0.25) is 5.02 Å². The van der Waals surface area contributed by atoms with Gasteiger partial charge in [0.15, 0.2) is 0 Å². The van der Waals surface area contributed by atoms with Gasteiger partial charge in [0.2, 0.25) is 5.95 Å². The van der Waals surface area contributed by atoms with Crippen LogP contribution < -0.4 is 15.4 Å². The fraction of sp³-hybridized carbons (Fsp3) is 0.273. The van der Waals surface area contributed by atoms with Crippen LogP contribution in [0, 0.1) is 5.82 Å². The average Bonchev–Trinajstić information content (AvgIpc) is 3.56. The average molecular weight is 597 g/mol. The highest BCUT2D eigenvalue weighted by Crippen LogP contribution is 2.39. The minimum absolute atomic E-state index is 0.0793. The fourth-order valence-corrected chi connectivity index (χ4v) is 6.86. The summed E-state index contributed by atoms with van der Waals surface area (Å²) in [4.78, 5) is 29.6. The van der Waals surface area contributed by atoms with Crippen molar-refractivity contribution in [3.05, 3.63) is 100.0 Å². The van der Waals surface area contributed by atoms with E-state index in [2.05, 4.69) is 20.5 Å². The van der Waals surface area contributed by atoms with E-state index >= 15 is 4.39 Å². The van der Waals surface area contributed by atoms with E-state index < -0.39 is 5.82 Å². The number of carbonyl (C=O) groups is 1. The van der Waals surface area contributed by atoms with E-state index in [0.29, 0.717) is 51.3 Å². The molecule has 2 fully saturated rings. The molecule has 3 atom stereocenters. The number of benzene rings is 3. The zero-order valence-corrected chi connectivity index (χ0v) is 24.5. The Hall–Kier alpha value is -4.34. The molecule has 3 unspecified atom stereocenters. The van der Waals surface area contributed by atoms with Crippen molar-refractivity contribution in [3.63, 3.8) is 0 Å². The van der Waals surface area contributed by atoms with Crippen molar-refractivity contribution in [2.24, 2.45) is 4.99 Å². The van der Waals surface area contributed by atoms with E-state index in [4.69, 9.17) is 26.3 Å². The van der Waals surface area contributed by atoms with Crippen molar-refractivity contribution in [3.8, 4) is 17.0 Å². The summed E-state index contributed by atoms with van der Waals surface area (Å²) < 4.78 is 20.7. The number of carbonyl (C=O) groups excluding carboxylic acids is 1. The smallest absolute Gasteiger partial charge is 0.254 e. The molecule has 3 aliphatic heterocycles. The molecule has 1 aromatic heterocycles. The fourth-order valence-electron chi connectivity index (χ4n) is 6.69. The highest BCUT2D eigenvalue weighted by molar-refractivity contribution is 6.31. The van der Waals surface area contributed by atoms with E-state index in [0.717, 1.165) is 36.1 Å². The second-order valence-electron chi connectivity index (χ2n) is 11.1. The number of methoxy groups -OCH3 is 1. The molecule has 4 heterocycles. The first-order valence-corrected chi connectivity index (χ1v) is 14.7. The number of anilines is 2. The molecule has 3 aliphatic rings. The van der Waals surface area contributed by atoms with E-state index in [1.807, 2.05) is 37.4 Å². The Morgan fingerprint density at radius 1 is 1.09 bits per heavy atom. The molecule has 3 aromatic carbocycles. The molecule has 0 saturated carbocycles. The van der Waals surface area contributed by atoms with Crippen molar-refractivity contribution in [1.29, 1.82) is 0 Å². The molecule has 2 bridgehead atoms. The van der Waals surface area contributed by atoms with E-state index in [-0.39, 0.29) is 24.1 Å². The van der Waals surface area contributed by atoms with Gasteiger partial charge in [-0.3, -0.25) is 9.79 Å². The molecule has 43 heavy (non-hydrogen) atoms. The van der Waals surface area contributed by atoms with Crippen LogP contribution in [0.4, 0.5) is 16.0 Å². The SMILES string of the molecule is CNC1CC2CCC1N2C(=O)c1ccc(Nc2ncc3c(n2)-c2ccc(Cl)cc2C(c2c(F)cccc2OC)=NC3)cc1. The maximum atomic E-state index is 15.2. The number of ether oxygens (including phenoxy) is 1. The van der Waals surface area contributed by atoms with Crippen LogP contribution in [0.1, 0.15) is 46.3 Å². The predicted molar refractivity (Wildman–Crippen MR) is 165 cm³/mol. The lowest BCUT2D eigenvalue weighted by Crippen LogP contribution is -2.41. The van der Waals surface area contributed by atoms with Crippen LogP contribution in [0.15, 0.2) is 71.9 Å². The van der Waals surface area contributed by atoms with Gasteiger partial charge in [0.25, 0.3) is 5.91 Å². The highest BCUT2D eigenvalue weighted by Gasteiger charge is 2.48. The van der Waals surface area contributed by atoms with Gasteiger partial charge in [0, 0.05) is 57.3 Å². The summed E-state index contributed by atoms with van der Waals surface area (Å²) >= 11 is 6.42. The minimum atomic E-state index is -0.440. The maximum absolute atomic E-state index is 15.2. The topological polar surface area (TPSA) is 91.7 Å². The van der Waals surface area contributed by atoms with Crippen LogP contribution in [-0.4, -0.2) is 58.8 Å². The molecule has 1 amide bonds. The molecule has 0 spiro atoms. The van der Waals surface area contributed by atoms with Gasteiger partial charge in [-0.25, -0.2) is 14.4 Å². The molecule has 2 saturated heterocycles. The third-order valence-corrected chi connectivity index (χ3v) is 8.96. The number of halogens is 2. The molecule has 8 nitrogen and oxygen atoms in total. The zero-order valence-electron chi connectivity index (χ0n) is 23.8. The second kappa shape index (κ2) is 11.1. The lowest BCUT2D eigenvalue weighted by atomic mass is 9.94. The Balaban J connectivity index is 1.17. The number of nitrogens with one attached hydrogen (secondary N) is 2. The molecule has 0 radical (unpaired) electrons. The molecular formula is C33H30ClFN6O2. The Labute approximate surface area is 254 Å². The first kappa shape index (κ1) is 27.5. The number of amides is 1. The monoisotopic (exact) mass is 596 g/mol. The summed E-state index contributed by atoms with van der Waals surface area (Å²) in [6, 6.07) is 18.5. The largest absolute Gasteiger partial charge is 0.496 e. The number of hydrogen-bond acceptors (Lipinski definition) is 7. The molecule has 218 valence electrons. The second-order valence-corrected chi connectivity index (χ2v) is 11.5. The number of aromatic nitrogens is 2. The molecule has 10 heteroatoms. The van der Waals surface area contributed by atoms with Gasteiger partial charge in [-0.2, -0.15) is 0 Å². The lowest BCUT2D eigenvalue weighted by molar-refractivity contribution is 0.0724. The number of likely N-dealkylation sites (N-methyl/N-ethyl adjacent to an activating group) is 1. The van der Waals surface area contributed by atoms with Crippen LogP contribution in [0.25, 0.3) is 11.3 Å².